The Bertz CT molecular complexity index is 306. The summed E-state index contributed by atoms with van der Waals surface area (Å²) in [4.78, 5) is 3.40. The second kappa shape index (κ2) is 3.44. The van der Waals surface area contributed by atoms with Crippen LogP contribution in [0.5, 0.6) is 0 Å². The summed E-state index contributed by atoms with van der Waals surface area (Å²) in [5, 5.41) is 8.32. The maximum Gasteiger partial charge on any atom is 0.227 e. The van der Waals surface area contributed by atoms with Gasteiger partial charge in [0, 0.05) is 6.20 Å². The number of rotatable bonds is 1. The Kier molecular flexibility index (Phi) is 2.55. The van der Waals surface area contributed by atoms with Crippen molar-refractivity contribution in [3.8, 4) is 6.07 Å². The van der Waals surface area contributed by atoms with Crippen LogP contribution in [0.2, 0.25) is 0 Å². The molecule has 0 spiro atoms. The largest absolute Gasteiger partial charge is 0.227 e. The molecule has 4 heteroatoms. The van der Waals surface area contributed by atoms with E-state index in [0.29, 0.717) is 5.56 Å². The highest BCUT2D eigenvalue weighted by Crippen LogP contribution is 2.18. The molecule has 0 unspecified atom stereocenters. The molecule has 0 saturated carbocycles. The van der Waals surface area contributed by atoms with Gasteiger partial charge in [0.2, 0.25) is 5.95 Å². The lowest BCUT2D eigenvalue weighted by Crippen LogP contribution is -1.90. The Balaban J connectivity index is 3.08. The molecule has 0 saturated heterocycles. The van der Waals surface area contributed by atoms with E-state index in [2.05, 4.69) is 20.9 Å². The van der Waals surface area contributed by atoms with Crippen LogP contribution in [0.25, 0.3) is 0 Å². The van der Waals surface area contributed by atoms with Crippen molar-refractivity contribution in [1.29, 1.82) is 5.26 Å². The molecular formula is C7H4BrFN2. The third kappa shape index (κ3) is 1.75. The molecule has 1 heterocycles. The van der Waals surface area contributed by atoms with E-state index in [4.69, 9.17) is 5.26 Å². The minimum absolute atomic E-state index is 0.194. The van der Waals surface area contributed by atoms with Crippen molar-refractivity contribution >= 4 is 15.9 Å². The molecule has 1 aromatic heterocycles. The van der Waals surface area contributed by atoms with Crippen molar-refractivity contribution in [3.63, 3.8) is 0 Å². The summed E-state index contributed by atoms with van der Waals surface area (Å²) in [5.41, 5.74) is 0.625. The first-order valence-corrected chi connectivity index (χ1v) is 3.71. The molecule has 0 aliphatic carbocycles. The van der Waals surface area contributed by atoms with Crippen LogP contribution in [0.1, 0.15) is 5.56 Å². The van der Waals surface area contributed by atoms with E-state index < -0.39 is 5.95 Å². The molecule has 0 radical (unpaired) electrons. The highest BCUT2D eigenvalue weighted by molar-refractivity contribution is 9.10. The predicted octanol–water partition coefficient (Wildman–Crippen LogP) is 2.05. The standard InChI is InChI=1S/C7H4BrFN2/c8-6-5(1-3-10)2-4-11-7(6)9/h2,4H,1H2. The Morgan fingerprint density at radius 1 is 1.73 bits per heavy atom. The fourth-order valence-electron chi connectivity index (χ4n) is 0.677. The second-order valence-corrected chi connectivity index (χ2v) is 2.70. The number of nitriles is 1. The van der Waals surface area contributed by atoms with Crippen LogP contribution in [0.3, 0.4) is 0 Å². The average Bonchev–Trinajstić information content (AvgIpc) is 1.99. The number of halogens is 2. The molecule has 1 aromatic rings. The molecular weight excluding hydrogens is 211 g/mol. The first-order chi connectivity index (χ1) is 5.25. The smallest absolute Gasteiger partial charge is 0.227 e. The highest BCUT2D eigenvalue weighted by Gasteiger charge is 2.04. The average molecular weight is 215 g/mol. The maximum absolute atomic E-state index is 12.6. The van der Waals surface area contributed by atoms with Gasteiger partial charge in [-0.15, -0.1) is 0 Å². The van der Waals surface area contributed by atoms with Gasteiger partial charge in [0.25, 0.3) is 0 Å². The molecule has 1 rings (SSSR count). The number of pyridine rings is 1. The van der Waals surface area contributed by atoms with Gasteiger partial charge in [0.15, 0.2) is 0 Å². The number of hydrogen-bond acceptors (Lipinski definition) is 2. The fraction of sp³-hybridized carbons (Fsp3) is 0.143. The summed E-state index contributed by atoms with van der Waals surface area (Å²) < 4.78 is 12.9. The molecule has 0 atom stereocenters. The van der Waals surface area contributed by atoms with Crippen LogP contribution >= 0.6 is 15.9 Å². The molecule has 0 bridgehead atoms. The van der Waals surface area contributed by atoms with Crippen molar-refractivity contribution in [2.24, 2.45) is 0 Å². The van der Waals surface area contributed by atoms with Crippen molar-refractivity contribution in [2.75, 3.05) is 0 Å². The summed E-state index contributed by atoms with van der Waals surface area (Å²) in [7, 11) is 0. The lowest BCUT2D eigenvalue weighted by molar-refractivity contribution is 0.574. The quantitative estimate of drug-likeness (QED) is 0.672. The Hall–Kier alpha value is -0.950. The van der Waals surface area contributed by atoms with Crippen LogP contribution in [0, 0.1) is 17.3 Å². The number of nitrogens with zero attached hydrogens (tertiary/aromatic N) is 2. The van der Waals surface area contributed by atoms with Gasteiger partial charge in [-0.3, -0.25) is 0 Å². The zero-order chi connectivity index (χ0) is 8.27. The third-order valence-electron chi connectivity index (χ3n) is 1.20. The summed E-state index contributed by atoms with van der Waals surface area (Å²) in [6, 6.07) is 3.54. The van der Waals surface area contributed by atoms with Gasteiger partial charge >= 0.3 is 0 Å². The summed E-state index contributed by atoms with van der Waals surface area (Å²) in [6.07, 6.45) is 1.53. The topological polar surface area (TPSA) is 36.7 Å². The Labute approximate surface area is 71.8 Å². The fourth-order valence-corrected chi connectivity index (χ4v) is 1.05. The molecule has 0 aromatic carbocycles. The molecule has 56 valence electrons. The van der Waals surface area contributed by atoms with Crippen LogP contribution in [-0.4, -0.2) is 4.98 Å². The van der Waals surface area contributed by atoms with Crippen LogP contribution in [-0.2, 0) is 6.42 Å². The van der Waals surface area contributed by atoms with Gasteiger partial charge in [-0.2, -0.15) is 9.65 Å². The van der Waals surface area contributed by atoms with E-state index in [-0.39, 0.29) is 10.9 Å². The number of hydrogen-bond donors (Lipinski definition) is 0. The highest BCUT2D eigenvalue weighted by atomic mass is 79.9. The minimum Gasteiger partial charge on any atom is -0.227 e. The first-order valence-electron chi connectivity index (χ1n) is 2.91. The van der Waals surface area contributed by atoms with Crippen LogP contribution in [0.15, 0.2) is 16.7 Å². The van der Waals surface area contributed by atoms with Gasteiger partial charge in [-0.25, -0.2) is 4.98 Å². The minimum atomic E-state index is -0.572. The van der Waals surface area contributed by atoms with E-state index in [1.165, 1.54) is 6.20 Å². The van der Waals surface area contributed by atoms with Crippen molar-refractivity contribution < 1.29 is 4.39 Å². The molecule has 0 aliphatic heterocycles. The molecule has 0 fully saturated rings. The van der Waals surface area contributed by atoms with Gasteiger partial charge in [0.1, 0.15) is 0 Å². The molecule has 0 aliphatic rings. The summed E-state index contributed by atoms with van der Waals surface area (Å²) in [5.74, 6) is -0.572. The maximum atomic E-state index is 12.6. The van der Waals surface area contributed by atoms with Gasteiger partial charge in [-0.1, -0.05) is 0 Å². The van der Waals surface area contributed by atoms with Gasteiger partial charge < -0.3 is 0 Å². The number of aromatic nitrogens is 1. The van der Waals surface area contributed by atoms with E-state index >= 15 is 0 Å². The van der Waals surface area contributed by atoms with Gasteiger partial charge in [0.05, 0.1) is 17.0 Å². The van der Waals surface area contributed by atoms with Gasteiger partial charge in [-0.05, 0) is 27.6 Å². The zero-order valence-electron chi connectivity index (χ0n) is 5.51. The summed E-state index contributed by atoms with van der Waals surface area (Å²) in [6.45, 7) is 0. The molecule has 0 amide bonds. The third-order valence-corrected chi connectivity index (χ3v) is 2.03. The van der Waals surface area contributed by atoms with E-state index in [1.54, 1.807) is 6.07 Å². The Morgan fingerprint density at radius 3 is 3.09 bits per heavy atom. The zero-order valence-corrected chi connectivity index (χ0v) is 7.10. The van der Waals surface area contributed by atoms with Crippen molar-refractivity contribution in [1.82, 2.24) is 4.98 Å². The second-order valence-electron chi connectivity index (χ2n) is 1.91. The van der Waals surface area contributed by atoms with E-state index in [9.17, 15) is 4.39 Å². The van der Waals surface area contributed by atoms with Crippen molar-refractivity contribution in [3.05, 3.63) is 28.2 Å². The van der Waals surface area contributed by atoms with Crippen LogP contribution in [0.4, 0.5) is 4.39 Å². The van der Waals surface area contributed by atoms with E-state index in [1.807, 2.05) is 6.07 Å². The van der Waals surface area contributed by atoms with Crippen molar-refractivity contribution in [2.45, 2.75) is 6.42 Å². The lowest BCUT2D eigenvalue weighted by Gasteiger charge is -1.97. The molecule has 11 heavy (non-hydrogen) atoms. The normalized spacial score (nSPS) is 9.18. The molecule has 0 N–H and O–H groups in total. The SMILES string of the molecule is N#CCc1ccnc(F)c1Br. The predicted molar refractivity (Wildman–Crippen MR) is 41.2 cm³/mol. The summed E-state index contributed by atoms with van der Waals surface area (Å²) >= 11 is 2.99. The lowest BCUT2D eigenvalue weighted by atomic mass is 10.2. The monoisotopic (exact) mass is 214 g/mol. The van der Waals surface area contributed by atoms with Crippen LogP contribution < -0.4 is 0 Å². The Morgan fingerprint density at radius 2 is 2.45 bits per heavy atom. The molecule has 2 nitrogen and oxygen atoms in total. The van der Waals surface area contributed by atoms with E-state index in [0.717, 1.165) is 0 Å². The first kappa shape index (κ1) is 8.15.